The van der Waals surface area contributed by atoms with Crippen LogP contribution in [0.1, 0.15) is 42.2 Å². The average molecular weight is 337 g/mol. The van der Waals surface area contributed by atoms with Crippen molar-refractivity contribution < 1.29 is 4.79 Å². The molecule has 1 saturated heterocycles. The highest BCUT2D eigenvalue weighted by Gasteiger charge is 2.20. The Morgan fingerprint density at radius 2 is 1.92 bits per heavy atom. The molecule has 1 aromatic heterocycles. The Balaban J connectivity index is 1.51. The fraction of sp³-hybridized carbons (Fsp3) is 0.429. The Bertz CT molecular complexity index is 661. The molecule has 1 amide bonds. The van der Waals surface area contributed by atoms with Gasteiger partial charge >= 0.3 is 0 Å². The van der Waals surface area contributed by atoms with Crippen LogP contribution in [0.2, 0.25) is 0 Å². The number of nitrogens with zero attached hydrogens (tertiary/aromatic N) is 2. The van der Waals surface area contributed by atoms with Gasteiger partial charge in [-0.3, -0.25) is 4.79 Å². The average Bonchev–Trinajstić information content (AvgIpc) is 2.68. The Kier molecular flexibility index (Phi) is 6.04. The van der Waals surface area contributed by atoms with Gasteiger partial charge in [0.1, 0.15) is 5.69 Å². The maximum Gasteiger partial charge on any atom is 0.269 e. The fourth-order valence-electron chi connectivity index (χ4n) is 3.38. The third kappa shape index (κ3) is 4.81. The van der Waals surface area contributed by atoms with Gasteiger partial charge in [0.05, 0.1) is 11.9 Å². The largest absolute Gasteiger partial charge is 0.370 e. The number of benzene rings is 1. The summed E-state index contributed by atoms with van der Waals surface area (Å²) in [5.41, 5.74) is 3.05. The summed E-state index contributed by atoms with van der Waals surface area (Å²) in [5.74, 6) is 0.667. The van der Waals surface area contributed by atoms with Crippen molar-refractivity contribution in [3.63, 3.8) is 0 Å². The molecule has 1 N–H and O–H groups in total. The van der Waals surface area contributed by atoms with E-state index in [9.17, 15) is 4.79 Å². The fourth-order valence-corrected chi connectivity index (χ4v) is 3.38. The van der Waals surface area contributed by atoms with Gasteiger partial charge < -0.3 is 10.2 Å². The summed E-state index contributed by atoms with van der Waals surface area (Å²) < 4.78 is 0. The topological polar surface area (TPSA) is 45.2 Å². The lowest BCUT2D eigenvalue weighted by molar-refractivity contribution is 0.0948. The molecule has 0 aliphatic carbocycles. The number of carbonyl (C=O) groups excluding carboxylic acids is 1. The van der Waals surface area contributed by atoms with Crippen LogP contribution >= 0.6 is 0 Å². The highest BCUT2D eigenvalue weighted by molar-refractivity contribution is 5.92. The van der Waals surface area contributed by atoms with Crippen LogP contribution in [0.15, 0.2) is 48.7 Å². The molecule has 1 aliphatic rings. The van der Waals surface area contributed by atoms with Crippen LogP contribution in [-0.2, 0) is 6.42 Å². The predicted molar refractivity (Wildman–Crippen MR) is 102 cm³/mol. The Labute approximate surface area is 150 Å². The SMILES string of the molecule is CCCNC(=O)c1ccc(N2CCC(Cc3ccccc3)CC2)cn1. The molecule has 2 aromatic rings. The van der Waals surface area contributed by atoms with Crippen molar-refractivity contribution in [2.24, 2.45) is 5.92 Å². The van der Waals surface area contributed by atoms with Crippen LogP contribution in [-0.4, -0.2) is 30.5 Å². The molecular formula is C21H27N3O. The molecular weight excluding hydrogens is 310 g/mol. The minimum absolute atomic E-state index is 0.0880. The highest BCUT2D eigenvalue weighted by atomic mass is 16.1. The van der Waals surface area contributed by atoms with Crippen molar-refractivity contribution in [3.05, 3.63) is 59.9 Å². The van der Waals surface area contributed by atoms with E-state index in [1.54, 1.807) is 0 Å². The van der Waals surface area contributed by atoms with Crippen LogP contribution < -0.4 is 10.2 Å². The number of nitrogens with one attached hydrogen (secondary N) is 1. The first-order valence-corrected chi connectivity index (χ1v) is 9.29. The van der Waals surface area contributed by atoms with E-state index in [-0.39, 0.29) is 5.91 Å². The molecule has 1 fully saturated rings. The van der Waals surface area contributed by atoms with Crippen molar-refractivity contribution in [2.75, 3.05) is 24.5 Å². The maximum atomic E-state index is 11.9. The maximum absolute atomic E-state index is 11.9. The number of anilines is 1. The summed E-state index contributed by atoms with van der Waals surface area (Å²) in [6, 6.07) is 14.6. The third-order valence-corrected chi connectivity index (χ3v) is 4.86. The van der Waals surface area contributed by atoms with Gasteiger partial charge in [0.25, 0.3) is 5.91 Å². The number of carbonyl (C=O) groups is 1. The van der Waals surface area contributed by atoms with E-state index in [1.165, 1.54) is 24.8 Å². The first-order valence-electron chi connectivity index (χ1n) is 9.29. The molecule has 0 unspecified atom stereocenters. The normalized spacial score (nSPS) is 15.2. The van der Waals surface area contributed by atoms with Crippen molar-refractivity contribution in [1.29, 1.82) is 0 Å². The molecule has 25 heavy (non-hydrogen) atoms. The minimum atomic E-state index is -0.0880. The van der Waals surface area contributed by atoms with Gasteiger partial charge in [0.2, 0.25) is 0 Å². The van der Waals surface area contributed by atoms with Crippen molar-refractivity contribution >= 4 is 11.6 Å². The zero-order valence-electron chi connectivity index (χ0n) is 14.9. The van der Waals surface area contributed by atoms with E-state index < -0.39 is 0 Å². The zero-order valence-corrected chi connectivity index (χ0v) is 14.9. The number of aromatic nitrogens is 1. The lowest BCUT2D eigenvalue weighted by Gasteiger charge is -2.33. The molecule has 0 bridgehead atoms. The number of hydrogen-bond donors (Lipinski definition) is 1. The number of amides is 1. The molecule has 4 heteroatoms. The van der Waals surface area contributed by atoms with Gasteiger partial charge in [0, 0.05) is 19.6 Å². The number of piperidine rings is 1. The number of hydrogen-bond acceptors (Lipinski definition) is 3. The molecule has 2 heterocycles. The monoisotopic (exact) mass is 337 g/mol. The molecule has 0 atom stereocenters. The van der Waals surface area contributed by atoms with Gasteiger partial charge in [-0.25, -0.2) is 4.98 Å². The second-order valence-corrected chi connectivity index (χ2v) is 6.78. The van der Waals surface area contributed by atoms with Gasteiger partial charge in [-0.05, 0) is 49.3 Å². The Hall–Kier alpha value is -2.36. The molecule has 3 rings (SSSR count). The van der Waals surface area contributed by atoms with Gasteiger partial charge in [-0.2, -0.15) is 0 Å². The molecule has 0 saturated carbocycles. The quantitative estimate of drug-likeness (QED) is 0.874. The van der Waals surface area contributed by atoms with E-state index in [0.717, 1.165) is 31.1 Å². The van der Waals surface area contributed by atoms with E-state index in [2.05, 4.69) is 45.5 Å². The van der Waals surface area contributed by atoms with E-state index in [4.69, 9.17) is 0 Å². The van der Waals surface area contributed by atoms with Gasteiger partial charge in [-0.1, -0.05) is 37.3 Å². The molecule has 132 valence electrons. The highest BCUT2D eigenvalue weighted by Crippen LogP contribution is 2.25. The lowest BCUT2D eigenvalue weighted by Crippen LogP contribution is -2.34. The molecule has 1 aliphatic heterocycles. The summed E-state index contributed by atoms with van der Waals surface area (Å²) in [7, 11) is 0. The zero-order chi connectivity index (χ0) is 17.5. The molecule has 0 spiro atoms. The summed E-state index contributed by atoms with van der Waals surface area (Å²) in [6.45, 7) is 4.84. The van der Waals surface area contributed by atoms with Crippen LogP contribution in [0.25, 0.3) is 0 Å². The first kappa shape index (κ1) is 17.5. The minimum Gasteiger partial charge on any atom is -0.370 e. The van der Waals surface area contributed by atoms with Crippen LogP contribution in [0.4, 0.5) is 5.69 Å². The van der Waals surface area contributed by atoms with Crippen molar-refractivity contribution in [3.8, 4) is 0 Å². The molecule has 4 nitrogen and oxygen atoms in total. The number of rotatable bonds is 6. The standard InChI is InChI=1S/C21H27N3O/c1-2-12-22-21(25)20-9-8-19(16-23-20)24-13-10-18(11-14-24)15-17-6-4-3-5-7-17/h3-9,16,18H,2,10-15H2,1H3,(H,22,25). The summed E-state index contributed by atoms with van der Waals surface area (Å²) in [6.07, 6.45) is 6.34. The predicted octanol–water partition coefficient (Wildman–Crippen LogP) is 3.68. The number of pyridine rings is 1. The summed E-state index contributed by atoms with van der Waals surface area (Å²) in [5, 5.41) is 2.86. The van der Waals surface area contributed by atoms with Gasteiger partial charge in [0.15, 0.2) is 0 Å². The second-order valence-electron chi connectivity index (χ2n) is 6.78. The third-order valence-electron chi connectivity index (χ3n) is 4.86. The van der Waals surface area contributed by atoms with Crippen LogP contribution in [0, 0.1) is 5.92 Å². The van der Waals surface area contributed by atoms with E-state index >= 15 is 0 Å². The van der Waals surface area contributed by atoms with Crippen LogP contribution in [0.3, 0.4) is 0 Å². The van der Waals surface area contributed by atoms with Gasteiger partial charge in [-0.15, -0.1) is 0 Å². The van der Waals surface area contributed by atoms with Crippen molar-refractivity contribution in [2.45, 2.75) is 32.6 Å². The lowest BCUT2D eigenvalue weighted by atomic mass is 9.90. The second kappa shape index (κ2) is 8.65. The van der Waals surface area contributed by atoms with Crippen molar-refractivity contribution in [1.82, 2.24) is 10.3 Å². The van der Waals surface area contributed by atoms with E-state index in [0.29, 0.717) is 12.2 Å². The smallest absolute Gasteiger partial charge is 0.269 e. The summed E-state index contributed by atoms with van der Waals surface area (Å²) >= 11 is 0. The van der Waals surface area contributed by atoms with Crippen LogP contribution in [0.5, 0.6) is 0 Å². The summed E-state index contributed by atoms with van der Waals surface area (Å²) in [4.78, 5) is 18.6. The molecule has 0 radical (unpaired) electrons. The first-order chi connectivity index (χ1) is 12.3. The molecule has 1 aromatic carbocycles. The Morgan fingerprint density at radius 1 is 1.16 bits per heavy atom. The Morgan fingerprint density at radius 3 is 2.56 bits per heavy atom. The van der Waals surface area contributed by atoms with E-state index in [1.807, 2.05) is 25.3 Å².